The Labute approximate surface area is 169 Å². The van der Waals surface area contributed by atoms with Crippen molar-refractivity contribution in [2.24, 2.45) is 16.7 Å². The zero-order chi connectivity index (χ0) is 20.6. The number of hydrogen-bond donors (Lipinski definition) is 1. The first-order valence-electron chi connectivity index (χ1n) is 9.34. The van der Waals surface area contributed by atoms with Gasteiger partial charge in [0.25, 0.3) is 0 Å². The van der Waals surface area contributed by atoms with Crippen molar-refractivity contribution in [1.82, 2.24) is 0 Å². The summed E-state index contributed by atoms with van der Waals surface area (Å²) >= 11 is 6.16. The molecule has 0 amide bonds. The molecule has 1 aromatic carbocycles. The van der Waals surface area contributed by atoms with Gasteiger partial charge >= 0.3 is 0 Å². The zero-order valence-electron chi connectivity index (χ0n) is 15.8. The monoisotopic (exact) mass is 396 g/mol. The summed E-state index contributed by atoms with van der Waals surface area (Å²) in [5, 5.41) is 39.2. The van der Waals surface area contributed by atoms with E-state index in [0.29, 0.717) is 17.0 Å². The van der Waals surface area contributed by atoms with E-state index in [1.165, 1.54) is 0 Å². The number of unbranched alkanes of at least 4 members (excludes halogenated alkanes) is 2. The first-order valence-corrected chi connectivity index (χ1v) is 9.72. The van der Waals surface area contributed by atoms with Crippen molar-refractivity contribution in [3.05, 3.63) is 34.9 Å². The molecule has 0 radical (unpaired) electrons. The Balaban J connectivity index is 2.23. The summed E-state index contributed by atoms with van der Waals surface area (Å²) in [5.74, 6) is -2.59. The third-order valence-electron chi connectivity index (χ3n) is 6.08. The maximum atomic E-state index is 10.2. The van der Waals surface area contributed by atoms with Gasteiger partial charge in [0.1, 0.15) is 0 Å². The van der Waals surface area contributed by atoms with Crippen LogP contribution in [-0.4, -0.2) is 12.0 Å². The Bertz CT molecular complexity index is 914. The molecule has 2 aliphatic heterocycles. The highest BCUT2D eigenvalue weighted by molar-refractivity contribution is 6.30. The zero-order valence-corrected chi connectivity index (χ0v) is 16.6. The summed E-state index contributed by atoms with van der Waals surface area (Å²) in [7, 11) is 0. The third-order valence-corrected chi connectivity index (χ3v) is 6.31. The second kappa shape index (κ2) is 7.10. The van der Waals surface area contributed by atoms with Crippen molar-refractivity contribution < 1.29 is 9.47 Å². The van der Waals surface area contributed by atoms with Crippen LogP contribution in [0.3, 0.4) is 0 Å². The SMILES string of the molecule is CCCCCC1OC2(c3cccc(Cl)c3)OC(=N)C(C#N)(C2C)C1(C#N)C#N. The van der Waals surface area contributed by atoms with Crippen molar-refractivity contribution >= 4 is 17.5 Å². The molecule has 0 saturated carbocycles. The summed E-state index contributed by atoms with van der Waals surface area (Å²) in [6.07, 6.45) is 2.16. The van der Waals surface area contributed by atoms with Crippen LogP contribution < -0.4 is 0 Å². The molecule has 144 valence electrons. The van der Waals surface area contributed by atoms with Gasteiger partial charge in [-0.1, -0.05) is 56.8 Å². The van der Waals surface area contributed by atoms with Crippen LogP contribution >= 0.6 is 11.6 Å². The summed E-state index contributed by atoms with van der Waals surface area (Å²) in [6, 6.07) is 13.1. The lowest BCUT2D eigenvalue weighted by atomic mass is 9.53. The number of halogens is 1. The first-order chi connectivity index (χ1) is 13.4. The summed E-state index contributed by atoms with van der Waals surface area (Å²) in [5.41, 5.74) is -2.99. The van der Waals surface area contributed by atoms with Gasteiger partial charge < -0.3 is 9.47 Å². The minimum atomic E-state index is -1.83. The fourth-order valence-corrected chi connectivity index (χ4v) is 4.71. The topological polar surface area (TPSA) is 114 Å². The molecule has 4 unspecified atom stereocenters. The lowest BCUT2D eigenvalue weighted by Gasteiger charge is -2.48. The van der Waals surface area contributed by atoms with Gasteiger partial charge in [-0.25, -0.2) is 0 Å². The maximum Gasteiger partial charge on any atom is 0.243 e. The van der Waals surface area contributed by atoms with E-state index < -0.39 is 34.5 Å². The van der Waals surface area contributed by atoms with Crippen LogP contribution in [0.15, 0.2) is 24.3 Å². The summed E-state index contributed by atoms with van der Waals surface area (Å²) in [6.45, 7) is 3.75. The fraction of sp³-hybridized carbons (Fsp3) is 0.524. The highest BCUT2D eigenvalue weighted by Crippen LogP contribution is 2.66. The van der Waals surface area contributed by atoms with E-state index in [1.807, 2.05) is 12.1 Å². The van der Waals surface area contributed by atoms with Crippen molar-refractivity contribution in [2.45, 2.75) is 51.4 Å². The summed E-state index contributed by atoms with van der Waals surface area (Å²) < 4.78 is 12.2. The first kappa shape index (κ1) is 20.2. The van der Waals surface area contributed by atoms with E-state index in [4.69, 9.17) is 26.5 Å². The molecule has 0 spiro atoms. The lowest BCUT2D eigenvalue weighted by molar-refractivity contribution is -0.286. The van der Waals surface area contributed by atoms with Crippen LogP contribution in [0.5, 0.6) is 0 Å². The molecule has 1 N–H and O–H groups in total. The van der Waals surface area contributed by atoms with E-state index in [-0.39, 0.29) is 0 Å². The number of fused-ring (bicyclic) bond motifs is 2. The summed E-state index contributed by atoms with van der Waals surface area (Å²) in [4.78, 5) is 0. The molecule has 1 aromatic rings. The minimum Gasteiger partial charge on any atom is -0.443 e. The normalized spacial score (nSPS) is 32.6. The molecule has 28 heavy (non-hydrogen) atoms. The van der Waals surface area contributed by atoms with Crippen LogP contribution in [0.2, 0.25) is 5.02 Å². The van der Waals surface area contributed by atoms with E-state index in [9.17, 15) is 15.8 Å². The van der Waals surface area contributed by atoms with E-state index >= 15 is 0 Å². The van der Waals surface area contributed by atoms with Crippen LogP contribution in [0.1, 0.15) is 45.1 Å². The average Bonchev–Trinajstić information content (AvgIpc) is 2.86. The Morgan fingerprint density at radius 3 is 2.46 bits per heavy atom. The molecule has 3 rings (SSSR count). The second-order valence-corrected chi connectivity index (χ2v) is 7.82. The minimum absolute atomic E-state index is 0.399. The molecule has 2 fully saturated rings. The van der Waals surface area contributed by atoms with Gasteiger partial charge in [0, 0.05) is 10.6 Å². The van der Waals surface area contributed by atoms with Crippen molar-refractivity contribution in [3.63, 3.8) is 0 Å². The molecule has 0 aromatic heterocycles. The predicted molar refractivity (Wildman–Crippen MR) is 102 cm³/mol. The number of nitrogens with one attached hydrogen (secondary N) is 1. The third kappa shape index (κ3) is 2.37. The van der Waals surface area contributed by atoms with Crippen LogP contribution in [0.25, 0.3) is 0 Å². The fourth-order valence-electron chi connectivity index (χ4n) is 4.52. The Morgan fingerprint density at radius 1 is 1.18 bits per heavy atom. The molecule has 4 atom stereocenters. The van der Waals surface area contributed by atoms with Crippen LogP contribution in [-0.2, 0) is 15.3 Å². The van der Waals surface area contributed by atoms with E-state index in [2.05, 4.69) is 13.0 Å². The van der Waals surface area contributed by atoms with Gasteiger partial charge in [-0.2, -0.15) is 15.8 Å². The Morgan fingerprint density at radius 2 is 1.89 bits per heavy atom. The Kier molecular flexibility index (Phi) is 5.11. The second-order valence-electron chi connectivity index (χ2n) is 7.38. The quantitative estimate of drug-likeness (QED) is 0.727. The van der Waals surface area contributed by atoms with E-state index in [1.54, 1.807) is 31.2 Å². The van der Waals surface area contributed by atoms with Gasteiger partial charge in [-0.3, -0.25) is 5.41 Å². The average molecular weight is 397 g/mol. The molecule has 2 saturated heterocycles. The number of nitrogens with zero attached hydrogens (tertiary/aromatic N) is 3. The molecule has 7 heteroatoms. The molecule has 6 nitrogen and oxygen atoms in total. The highest BCUT2D eigenvalue weighted by Gasteiger charge is 2.79. The molecular formula is C21H21ClN4O2. The lowest BCUT2D eigenvalue weighted by Crippen LogP contribution is -2.60. The number of nitriles is 3. The number of hydrogen-bond acceptors (Lipinski definition) is 6. The molecule has 2 heterocycles. The Hall–Kier alpha value is -2.59. The predicted octanol–water partition coefficient (Wildman–Crippen LogP) is 4.66. The van der Waals surface area contributed by atoms with Gasteiger partial charge in [-0.05, 0) is 18.6 Å². The van der Waals surface area contributed by atoms with Gasteiger partial charge in [0.2, 0.25) is 11.7 Å². The van der Waals surface area contributed by atoms with Crippen LogP contribution in [0, 0.1) is 56.2 Å². The largest absolute Gasteiger partial charge is 0.443 e. The van der Waals surface area contributed by atoms with Crippen molar-refractivity contribution in [3.8, 4) is 18.2 Å². The van der Waals surface area contributed by atoms with Gasteiger partial charge in [0.05, 0.1) is 30.2 Å². The molecule has 0 aliphatic carbocycles. The maximum absolute atomic E-state index is 10.2. The van der Waals surface area contributed by atoms with Gasteiger partial charge in [-0.15, -0.1) is 0 Å². The standard InChI is InChI=1S/C21H21ClN4O2/c1-3-4-5-9-17-19(11-23,12-24)20(13-25)14(2)21(27-17,28-18(20)26)15-7-6-8-16(22)10-15/h6-8,10,14,17,26H,3-5,9H2,1-2H3. The smallest absolute Gasteiger partial charge is 0.243 e. The van der Waals surface area contributed by atoms with Crippen molar-refractivity contribution in [2.75, 3.05) is 0 Å². The molecular weight excluding hydrogens is 376 g/mol. The number of benzene rings is 1. The van der Waals surface area contributed by atoms with E-state index in [0.717, 1.165) is 19.3 Å². The molecule has 2 bridgehead atoms. The highest BCUT2D eigenvalue weighted by atomic mass is 35.5. The number of rotatable bonds is 5. The molecule has 2 aliphatic rings. The number of ether oxygens (including phenoxy) is 2. The van der Waals surface area contributed by atoms with Gasteiger partial charge in [0.15, 0.2) is 10.8 Å². The van der Waals surface area contributed by atoms with Crippen LogP contribution in [0.4, 0.5) is 0 Å². The van der Waals surface area contributed by atoms with Crippen molar-refractivity contribution in [1.29, 1.82) is 21.2 Å².